The molecule has 2 aromatic carbocycles. The van der Waals surface area contributed by atoms with Gasteiger partial charge in [0.25, 0.3) is 0 Å². The van der Waals surface area contributed by atoms with Crippen LogP contribution in [0.1, 0.15) is 22.6 Å². The van der Waals surface area contributed by atoms with Crippen LogP contribution in [0.4, 0.5) is 0 Å². The predicted octanol–water partition coefficient (Wildman–Crippen LogP) is 3.14. The summed E-state index contributed by atoms with van der Waals surface area (Å²) in [7, 11) is 4.75. The zero-order valence-electron chi connectivity index (χ0n) is 16.3. The molecular formula is C22H20O7. The monoisotopic (exact) mass is 396 g/mol. The Labute approximate surface area is 167 Å². The average Bonchev–Trinajstić information content (AvgIpc) is 3.36. The van der Waals surface area contributed by atoms with Gasteiger partial charge in [-0.1, -0.05) is 6.07 Å². The van der Waals surface area contributed by atoms with E-state index in [1.54, 1.807) is 21.3 Å². The van der Waals surface area contributed by atoms with Gasteiger partial charge in [-0.2, -0.15) is 0 Å². The van der Waals surface area contributed by atoms with E-state index in [-0.39, 0.29) is 24.6 Å². The minimum Gasteiger partial charge on any atom is -0.493 e. The smallest absolute Gasteiger partial charge is 0.334 e. The molecule has 5 rings (SSSR count). The zero-order chi connectivity index (χ0) is 20.1. The number of ether oxygens (including phenoxy) is 6. The van der Waals surface area contributed by atoms with Crippen LogP contribution in [0, 0.1) is 5.92 Å². The Morgan fingerprint density at radius 1 is 0.931 bits per heavy atom. The number of carbonyl (C=O) groups excluding carboxylic acids is 1. The molecule has 1 saturated heterocycles. The highest BCUT2D eigenvalue weighted by atomic mass is 16.7. The Balaban J connectivity index is 1.77. The number of rotatable bonds is 4. The van der Waals surface area contributed by atoms with Gasteiger partial charge in [-0.05, 0) is 35.4 Å². The number of benzene rings is 2. The first kappa shape index (κ1) is 17.7. The molecule has 7 heteroatoms. The molecule has 1 fully saturated rings. The van der Waals surface area contributed by atoms with E-state index in [0.29, 0.717) is 40.9 Å². The van der Waals surface area contributed by atoms with E-state index in [1.165, 1.54) is 0 Å². The Kier molecular flexibility index (Phi) is 4.04. The Bertz CT molecular complexity index is 1040. The van der Waals surface area contributed by atoms with Gasteiger partial charge in [0, 0.05) is 23.0 Å². The molecule has 0 unspecified atom stereocenters. The van der Waals surface area contributed by atoms with Crippen molar-refractivity contribution in [3.05, 3.63) is 46.5 Å². The lowest BCUT2D eigenvalue weighted by Gasteiger charge is -2.31. The predicted molar refractivity (Wildman–Crippen MR) is 103 cm³/mol. The van der Waals surface area contributed by atoms with Crippen molar-refractivity contribution in [1.82, 2.24) is 0 Å². The second-order valence-corrected chi connectivity index (χ2v) is 7.04. The van der Waals surface area contributed by atoms with Crippen LogP contribution < -0.4 is 23.7 Å². The molecule has 2 aromatic rings. The Morgan fingerprint density at radius 3 is 2.48 bits per heavy atom. The van der Waals surface area contributed by atoms with Crippen LogP contribution >= 0.6 is 0 Å². The van der Waals surface area contributed by atoms with Crippen LogP contribution in [0.2, 0.25) is 0 Å². The van der Waals surface area contributed by atoms with Gasteiger partial charge in [0.05, 0.1) is 27.9 Å². The van der Waals surface area contributed by atoms with Crippen LogP contribution in [0.3, 0.4) is 0 Å². The molecule has 2 heterocycles. The first-order valence-electron chi connectivity index (χ1n) is 9.27. The highest BCUT2D eigenvalue weighted by Gasteiger charge is 2.44. The highest BCUT2D eigenvalue weighted by Crippen LogP contribution is 2.54. The molecule has 29 heavy (non-hydrogen) atoms. The Morgan fingerprint density at radius 2 is 1.72 bits per heavy atom. The number of hydrogen-bond donors (Lipinski definition) is 0. The summed E-state index contributed by atoms with van der Waals surface area (Å²) in [6.45, 7) is 0.505. The van der Waals surface area contributed by atoms with Crippen LogP contribution in [0.15, 0.2) is 29.8 Å². The summed E-state index contributed by atoms with van der Waals surface area (Å²) in [6.07, 6.45) is 1.86. The van der Waals surface area contributed by atoms with E-state index < -0.39 is 0 Å². The van der Waals surface area contributed by atoms with Crippen molar-refractivity contribution in [1.29, 1.82) is 0 Å². The zero-order valence-corrected chi connectivity index (χ0v) is 16.3. The SMILES string of the molecule is COc1cc2c(c(OC)c1OC)[C@H](c1ccc3c(c1)OCO3)[C@H]1COC(=O)C1=C2. The summed E-state index contributed by atoms with van der Waals surface area (Å²) < 4.78 is 33.3. The van der Waals surface area contributed by atoms with Crippen LogP contribution in [-0.4, -0.2) is 40.7 Å². The maximum absolute atomic E-state index is 12.4. The molecule has 1 aliphatic carbocycles. The van der Waals surface area contributed by atoms with Crippen molar-refractivity contribution in [2.75, 3.05) is 34.7 Å². The molecule has 7 nitrogen and oxygen atoms in total. The van der Waals surface area contributed by atoms with Gasteiger partial charge in [0.2, 0.25) is 12.5 Å². The summed E-state index contributed by atoms with van der Waals surface area (Å²) in [5, 5.41) is 0. The van der Waals surface area contributed by atoms with E-state index in [4.69, 9.17) is 28.4 Å². The number of cyclic esters (lactones) is 1. The summed E-state index contributed by atoms with van der Waals surface area (Å²) in [6, 6.07) is 7.70. The maximum Gasteiger partial charge on any atom is 0.334 e. The molecule has 2 aliphatic heterocycles. The standard InChI is InChI=1S/C22H20O7/c1-24-17-8-12-6-13-14(9-27-22(13)23)18(19(12)21(26-3)20(17)25-2)11-4-5-15-16(7-11)29-10-28-15/h4-8,14,18H,9-10H2,1-3H3/t14-,18+/m0/s1. The van der Waals surface area contributed by atoms with Gasteiger partial charge in [-0.25, -0.2) is 4.79 Å². The van der Waals surface area contributed by atoms with Crippen molar-refractivity contribution in [2.24, 2.45) is 5.92 Å². The van der Waals surface area contributed by atoms with E-state index >= 15 is 0 Å². The van der Waals surface area contributed by atoms with Gasteiger partial charge < -0.3 is 28.4 Å². The van der Waals surface area contributed by atoms with Gasteiger partial charge in [-0.15, -0.1) is 0 Å². The second-order valence-electron chi connectivity index (χ2n) is 7.04. The molecule has 0 radical (unpaired) electrons. The van der Waals surface area contributed by atoms with Gasteiger partial charge in [0.15, 0.2) is 23.0 Å². The van der Waals surface area contributed by atoms with Crippen molar-refractivity contribution in [2.45, 2.75) is 5.92 Å². The molecule has 0 saturated carbocycles. The lowest BCUT2D eigenvalue weighted by Crippen LogP contribution is -2.22. The number of methoxy groups -OCH3 is 3. The van der Waals surface area contributed by atoms with E-state index in [9.17, 15) is 4.79 Å². The number of hydrogen-bond acceptors (Lipinski definition) is 7. The maximum atomic E-state index is 12.4. The minimum absolute atomic E-state index is 0.137. The summed E-state index contributed by atoms with van der Waals surface area (Å²) in [4.78, 5) is 12.4. The minimum atomic E-state index is -0.292. The third-order valence-electron chi connectivity index (χ3n) is 5.71. The first-order chi connectivity index (χ1) is 14.2. The van der Waals surface area contributed by atoms with E-state index in [0.717, 1.165) is 16.7 Å². The highest BCUT2D eigenvalue weighted by molar-refractivity contribution is 5.98. The second kappa shape index (κ2) is 6.62. The molecule has 0 amide bonds. The molecule has 0 N–H and O–H groups in total. The number of fused-ring (bicyclic) bond motifs is 3. The van der Waals surface area contributed by atoms with Crippen molar-refractivity contribution in [3.8, 4) is 28.7 Å². The summed E-state index contributed by atoms with van der Waals surface area (Å²) in [5.74, 6) is 2.42. The van der Waals surface area contributed by atoms with E-state index in [1.807, 2.05) is 30.3 Å². The van der Waals surface area contributed by atoms with Gasteiger partial charge in [0.1, 0.15) is 0 Å². The number of esters is 1. The third kappa shape index (κ3) is 2.53. The van der Waals surface area contributed by atoms with Crippen LogP contribution in [-0.2, 0) is 9.53 Å². The van der Waals surface area contributed by atoms with Gasteiger partial charge >= 0.3 is 5.97 Å². The summed E-state index contributed by atoms with van der Waals surface area (Å²) >= 11 is 0. The lowest BCUT2D eigenvalue weighted by atomic mass is 9.72. The molecule has 3 aliphatic rings. The van der Waals surface area contributed by atoms with E-state index in [2.05, 4.69) is 0 Å². The van der Waals surface area contributed by atoms with Crippen LogP contribution in [0.25, 0.3) is 6.08 Å². The normalized spacial score (nSPS) is 21.1. The Hall–Kier alpha value is -3.35. The van der Waals surface area contributed by atoms with Crippen molar-refractivity contribution in [3.63, 3.8) is 0 Å². The molecule has 0 aromatic heterocycles. The fourth-order valence-corrected chi connectivity index (χ4v) is 4.44. The molecule has 150 valence electrons. The van der Waals surface area contributed by atoms with Crippen LogP contribution in [0.5, 0.6) is 28.7 Å². The topological polar surface area (TPSA) is 72.5 Å². The molecular weight excluding hydrogens is 376 g/mol. The fraction of sp³-hybridized carbons (Fsp3) is 0.318. The molecule has 2 atom stereocenters. The van der Waals surface area contributed by atoms with Crippen molar-refractivity contribution < 1.29 is 33.2 Å². The average molecular weight is 396 g/mol. The lowest BCUT2D eigenvalue weighted by molar-refractivity contribution is -0.135. The molecule has 0 bridgehead atoms. The first-order valence-corrected chi connectivity index (χ1v) is 9.27. The fourth-order valence-electron chi connectivity index (χ4n) is 4.44. The largest absolute Gasteiger partial charge is 0.493 e. The quantitative estimate of drug-likeness (QED) is 0.735. The molecule has 0 spiro atoms. The third-order valence-corrected chi connectivity index (χ3v) is 5.71. The van der Waals surface area contributed by atoms with Gasteiger partial charge in [-0.3, -0.25) is 0 Å². The number of carbonyl (C=O) groups is 1. The van der Waals surface area contributed by atoms with Crippen molar-refractivity contribution >= 4 is 12.0 Å². The summed E-state index contributed by atoms with van der Waals surface area (Å²) in [5.41, 5.74) is 3.40.